The number of rotatable bonds is 5. The third kappa shape index (κ3) is 4.94. The molecule has 1 aliphatic carbocycles. The Hall–Kier alpha value is -2.11. The van der Waals surface area contributed by atoms with Gasteiger partial charge in [-0.1, -0.05) is 27.2 Å². The van der Waals surface area contributed by atoms with E-state index in [0.29, 0.717) is 17.8 Å². The molecule has 1 N–H and O–H groups in total. The lowest BCUT2D eigenvalue weighted by molar-refractivity contribution is -0.159. The van der Waals surface area contributed by atoms with Crippen LogP contribution in [-0.4, -0.2) is 29.6 Å². The average molecular weight is 335 g/mol. The molecular formula is C18H25NO5. The molecule has 6 nitrogen and oxygen atoms in total. The zero-order valence-electron chi connectivity index (χ0n) is 14.4. The summed E-state index contributed by atoms with van der Waals surface area (Å²) in [4.78, 5) is 37.2. The Morgan fingerprint density at radius 2 is 2.04 bits per heavy atom. The van der Waals surface area contributed by atoms with E-state index in [1.54, 1.807) is 0 Å². The standard InChI is InChI=1S/C18H25NO5/c1-11(2)14-6-4-12(3)8-15(14)24-17(21)10-23-18(22)13-5-7-16(20)19-9-13/h5,7,9,11-12,14-15H,4,6,8,10H2,1-3H3,(H,19,20)/t12-,14+,15-/m0/s1. The van der Waals surface area contributed by atoms with Crippen LogP contribution >= 0.6 is 0 Å². The number of aromatic nitrogens is 1. The fourth-order valence-corrected chi connectivity index (χ4v) is 3.20. The predicted octanol–water partition coefficient (Wildman–Crippen LogP) is 2.54. The van der Waals surface area contributed by atoms with E-state index >= 15 is 0 Å². The molecule has 1 fully saturated rings. The summed E-state index contributed by atoms with van der Waals surface area (Å²) in [6.07, 6.45) is 4.19. The first-order chi connectivity index (χ1) is 11.4. The van der Waals surface area contributed by atoms with Gasteiger partial charge < -0.3 is 14.5 Å². The summed E-state index contributed by atoms with van der Waals surface area (Å²) in [5, 5.41) is 0. The van der Waals surface area contributed by atoms with Crippen LogP contribution in [0.3, 0.4) is 0 Å². The van der Waals surface area contributed by atoms with E-state index in [9.17, 15) is 14.4 Å². The zero-order chi connectivity index (χ0) is 17.7. The summed E-state index contributed by atoms with van der Waals surface area (Å²) >= 11 is 0. The summed E-state index contributed by atoms with van der Waals surface area (Å²) < 4.78 is 10.5. The predicted molar refractivity (Wildman–Crippen MR) is 88.6 cm³/mol. The minimum absolute atomic E-state index is 0.118. The Bertz CT molecular complexity index is 616. The Morgan fingerprint density at radius 3 is 2.67 bits per heavy atom. The van der Waals surface area contributed by atoms with Crippen molar-refractivity contribution < 1.29 is 19.1 Å². The summed E-state index contributed by atoms with van der Waals surface area (Å²) in [5.41, 5.74) is -0.120. The Morgan fingerprint density at radius 1 is 1.29 bits per heavy atom. The molecule has 24 heavy (non-hydrogen) atoms. The van der Waals surface area contributed by atoms with Gasteiger partial charge in [-0.3, -0.25) is 4.79 Å². The first kappa shape index (κ1) is 18.2. The van der Waals surface area contributed by atoms with Gasteiger partial charge in [-0.25, -0.2) is 9.59 Å². The second-order valence-corrected chi connectivity index (χ2v) is 6.87. The number of hydrogen-bond acceptors (Lipinski definition) is 5. The monoisotopic (exact) mass is 335 g/mol. The molecule has 0 aromatic carbocycles. The van der Waals surface area contributed by atoms with E-state index in [1.165, 1.54) is 18.3 Å². The molecule has 1 aliphatic rings. The quantitative estimate of drug-likeness (QED) is 0.836. The Balaban J connectivity index is 1.86. The smallest absolute Gasteiger partial charge is 0.344 e. The lowest BCUT2D eigenvalue weighted by Crippen LogP contribution is -2.36. The largest absolute Gasteiger partial charge is 0.460 e. The molecule has 0 saturated heterocycles. The zero-order valence-corrected chi connectivity index (χ0v) is 14.4. The molecule has 0 bridgehead atoms. The van der Waals surface area contributed by atoms with E-state index in [4.69, 9.17) is 9.47 Å². The van der Waals surface area contributed by atoms with Crippen molar-refractivity contribution in [3.05, 3.63) is 34.2 Å². The van der Waals surface area contributed by atoms with Crippen molar-refractivity contribution in [1.82, 2.24) is 4.98 Å². The first-order valence-electron chi connectivity index (χ1n) is 8.42. The van der Waals surface area contributed by atoms with Crippen molar-refractivity contribution in [2.75, 3.05) is 6.61 Å². The molecule has 0 aliphatic heterocycles. The average Bonchev–Trinajstić information content (AvgIpc) is 2.53. The van der Waals surface area contributed by atoms with E-state index < -0.39 is 18.5 Å². The molecule has 1 saturated carbocycles. The lowest BCUT2D eigenvalue weighted by Gasteiger charge is -2.36. The molecule has 0 amide bonds. The van der Waals surface area contributed by atoms with Crippen molar-refractivity contribution in [1.29, 1.82) is 0 Å². The highest BCUT2D eigenvalue weighted by Gasteiger charge is 2.33. The van der Waals surface area contributed by atoms with E-state index in [2.05, 4.69) is 25.8 Å². The third-order valence-electron chi connectivity index (χ3n) is 4.59. The van der Waals surface area contributed by atoms with Crippen molar-refractivity contribution in [3.63, 3.8) is 0 Å². The van der Waals surface area contributed by atoms with Crippen LogP contribution < -0.4 is 5.56 Å². The van der Waals surface area contributed by atoms with E-state index in [-0.39, 0.29) is 17.2 Å². The van der Waals surface area contributed by atoms with Crippen LogP contribution in [-0.2, 0) is 14.3 Å². The number of carbonyl (C=O) groups is 2. The van der Waals surface area contributed by atoms with Gasteiger partial charge in [0.1, 0.15) is 6.10 Å². The van der Waals surface area contributed by atoms with Gasteiger partial charge in [-0.2, -0.15) is 0 Å². The van der Waals surface area contributed by atoms with Crippen LogP contribution in [0.1, 0.15) is 50.4 Å². The van der Waals surface area contributed by atoms with Gasteiger partial charge in [0.15, 0.2) is 6.61 Å². The molecule has 0 radical (unpaired) electrons. The van der Waals surface area contributed by atoms with Gasteiger partial charge >= 0.3 is 11.9 Å². The maximum absolute atomic E-state index is 12.0. The molecule has 2 rings (SSSR count). The third-order valence-corrected chi connectivity index (χ3v) is 4.59. The molecule has 3 atom stereocenters. The second-order valence-electron chi connectivity index (χ2n) is 6.87. The van der Waals surface area contributed by atoms with Crippen LogP contribution in [0.2, 0.25) is 0 Å². The second kappa shape index (κ2) is 8.13. The minimum atomic E-state index is -0.666. The van der Waals surface area contributed by atoms with Gasteiger partial charge in [0.2, 0.25) is 5.56 Å². The minimum Gasteiger partial charge on any atom is -0.460 e. The number of H-pyrrole nitrogens is 1. The maximum atomic E-state index is 12.0. The van der Waals surface area contributed by atoms with Crippen molar-refractivity contribution in [2.45, 2.75) is 46.1 Å². The van der Waals surface area contributed by atoms with E-state index in [0.717, 1.165) is 19.3 Å². The number of carbonyl (C=O) groups excluding carboxylic acids is 2. The van der Waals surface area contributed by atoms with Crippen LogP contribution in [0.4, 0.5) is 0 Å². The molecule has 1 heterocycles. The molecule has 6 heteroatoms. The van der Waals surface area contributed by atoms with E-state index in [1.807, 2.05) is 0 Å². The van der Waals surface area contributed by atoms with Crippen LogP contribution in [0.15, 0.2) is 23.1 Å². The van der Waals surface area contributed by atoms with Crippen molar-refractivity contribution >= 4 is 11.9 Å². The summed E-state index contributed by atoms with van der Waals surface area (Å²) in [6, 6.07) is 2.58. The van der Waals surface area contributed by atoms with Crippen LogP contribution in [0.5, 0.6) is 0 Å². The molecule has 0 spiro atoms. The fourth-order valence-electron chi connectivity index (χ4n) is 3.20. The van der Waals surface area contributed by atoms with Crippen LogP contribution in [0.25, 0.3) is 0 Å². The topological polar surface area (TPSA) is 85.5 Å². The highest BCUT2D eigenvalue weighted by Crippen LogP contribution is 2.35. The summed E-state index contributed by atoms with van der Waals surface area (Å²) in [5.74, 6) is 0.124. The van der Waals surface area contributed by atoms with Gasteiger partial charge in [-0.05, 0) is 36.7 Å². The normalized spacial score (nSPS) is 23.8. The number of hydrogen-bond donors (Lipinski definition) is 1. The number of ether oxygens (including phenoxy) is 2. The Labute approximate surface area is 141 Å². The van der Waals surface area contributed by atoms with Crippen molar-refractivity contribution in [2.24, 2.45) is 17.8 Å². The fraction of sp³-hybridized carbons (Fsp3) is 0.611. The highest BCUT2D eigenvalue weighted by molar-refractivity contribution is 5.90. The number of nitrogens with one attached hydrogen (secondary N) is 1. The summed E-state index contributed by atoms with van der Waals surface area (Å²) in [6.45, 7) is 6.01. The molecule has 0 unspecified atom stereocenters. The highest BCUT2D eigenvalue weighted by atomic mass is 16.6. The number of aromatic amines is 1. The Kier molecular flexibility index (Phi) is 6.17. The molecule has 132 valence electrons. The number of pyridine rings is 1. The first-order valence-corrected chi connectivity index (χ1v) is 8.42. The lowest BCUT2D eigenvalue weighted by atomic mass is 9.75. The molecule has 1 aromatic heterocycles. The SMILES string of the molecule is CC(C)[C@H]1CC[C@H](C)C[C@@H]1OC(=O)COC(=O)c1ccc(=O)[nH]c1. The molecule has 1 aromatic rings. The van der Waals surface area contributed by atoms with Crippen molar-refractivity contribution in [3.8, 4) is 0 Å². The number of esters is 2. The van der Waals surface area contributed by atoms with Gasteiger partial charge in [-0.15, -0.1) is 0 Å². The van der Waals surface area contributed by atoms with Gasteiger partial charge in [0.05, 0.1) is 5.56 Å². The van der Waals surface area contributed by atoms with Gasteiger partial charge in [0.25, 0.3) is 0 Å². The summed E-state index contributed by atoms with van der Waals surface area (Å²) in [7, 11) is 0. The van der Waals surface area contributed by atoms with Crippen LogP contribution in [0, 0.1) is 17.8 Å². The molecular weight excluding hydrogens is 310 g/mol. The van der Waals surface area contributed by atoms with Gasteiger partial charge in [0, 0.05) is 12.3 Å². The maximum Gasteiger partial charge on any atom is 0.344 e.